The maximum atomic E-state index is 12.5. The van der Waals surface area contributed by atoms with Crippen molar-refractivity contribution < 1.29 is 13.2 Å². The standard InChI is InChI=1S/C25H27BrN2O3S/c1-18-15-23(13-14-24(18)26)28(32(3,30)31)17-20-9-11-22(12-10-20)25(29)27-16-19(2)21-7-5-4-6-8-21/h4-15,19H,16-17H2,1-3H3,(H,27,29). The molecule has 7 heteroatoms. The van der Waals surface area contributed by atoms with Crippen molar-refractivity contribution in [2.45, 2.75) is 26.3 Å². The van der Waals surface area contributed by atoms with E-state index < -0.39 is 10.0 Å². The van der Waals surface area contributed by atoms with Crippen LogP contribution in [0.2, 0.25) is 0 Å². The first-order chi connectivity index (χ1) is 15.1. The van der Waals surface area contributed by atoms with Gasteiger partial charge in [-0.3, -0.25) is 9.10 Å². The van der Waals surface area contributed by atoms with Crippen molar-refractivity contribution in [2.75, 3.05) is 17.1 Å². The lowest BCUT2D eigenvalue weighted by molar-refractivity contribution is 0.0951. The second-order valence-electron chi connectivity index (χ2n) is 7.92. The number of nitrogens with zero attached hydrogens (tertiary/aromatic N) is 1. The van der Waals surface area contributed by atoms with Crippen molar-refractivity contribution in [3.05, 3.63) is 99.5 Å². The Kier molecular flexibility index (Phi) is 7.74. The second-order valence-corrected chi connectivity index (χ2v) is 10.7. The number of carbonyl (C=O) groups excluding carboxylic acids is 1. The highest BCUT2D eigenvalue weighted by atomic mass is 79.9. The summed E-state index contributed by atoms with van der Waals surface area (Å²) in [6.07, 6.45) is 1.19. The largest absolute Gasteiger partial charge is 0.351 e. The Morgan fingerprint density at radius 3 is 2.28 bits per heavy atom. The topological polar surface area (TPSA) is 66.5 Å². The quantitative estimate of drug-likeness (QED) is 0.445. The molecule has 1 N–H and O–H groups in total. The summed E-state index contributed by atoms with van der Waals surface area (Å²) < 4.78 is 27.1. The van der Waals surface area contributed by atoms with Crippen molar-refractivity contribution in [1.29, 1.82) is 0 Å². The number of nitrogens with one attached hydrogen (secondary N) is 1. The summed E-state index contributed by atoms with van der Waals surface area (Å²) in [5.74, 6) is 0.0555. The number of amides is 1. The van der Waals surface area contributed by atoms with Gasteiger partial charge in [-0.25, -0.2) is 8.42 Å². The van der Waals surface area contributed by atoms with Crippen LogP contribution in [0.3, 0.4) is 0 Å². The molecule has 168 valence electrons. The number of carbonyl (C=O) groups is 1. The van der Waals surface area contributed by atoms with E-state index in [1.54, 1.807) is 30.3 Å². The minimum atomic E-state index is -3.48. The van der Waals surface area contributed by atoms with Gasteiger partial charge >= 0.3 is 0 Å². The third-order valence-electron chi connectivity index (χ3n) is 5.31. The van der Waals surface area contributed by atoms with Crippen LogP contribution in [0.1, 0.15) is 39.9 Å². The predicted octanol–water partition coefficient (Wildman–Crippen LogP) is 5.26. The molecule has 0 heterocycles. The van der Waals surface area contributed by atoms with E-state index in [9.17, 15) is 13.2 Å². The Hall–Kier alpha value is -2.64. The van der Waals surface area contributed by atoms with Crippen LogP contribution in [-0.2, 0) is 16.6 Å². The van der Waals surface area contributed by atoms with Gasteiger partial charge in [0.25, 0.3) is 5.91 Å². The van der Waals surface area contributed by atoms with E-state index in [1.165, 1.54) is 16.1 Å². The molecule has 0 fully saturated rings. The number of sulfonamides is 1. The molecule has 0 aromatic heterocycles. The molecule has 3 rings (SSSR count). The molecular formula is C25H27BrN2O3S. The van der Waals surface area contributed by atoms with Crippen LogP contribution < -0.4 is 9.62 Å². The van der Waals surface area contributed by atoms with Crippen LogP contribution in [-0.4, -0.2) is 27.1 Å². The fourth-order valence-electron chi connectivity index (χ4n) is 3.36. The van der Waals surface area contributed by atoms with Gasteiger partial charge in [-0.1, -0.05) is 65.3 Å². The summed E-state index contributed by atoms with van der Waals surface area (Å²) in [7, 11) is -3.48. The summed E-state index contributed by atoms with van der Waals surface area (Å²) in [5, 5.41) is 2.97. The first kappa shape index (κ1) is 24.0. The lowest BCUT2D eigenvalue weighted by Crippen LogP contribution is -2.29. The normalized spacial score (nSPS) is 12.2. The Labute approximate surface area is 198 Å². The first-order valence-corrected chi connectivity index (χ1v) is 12.9. The van der Waals surface area contributed by atoms with Gasteiger partial charge in [-0.2, -0.15) is 0 Å². The monoisotopic (exact) mass is 514 g/mol. The van der Waals surface area contributed by atoms with Crippen LogP contribution in [0.25, 0.3) is 0 Å². The molecule has 0 bridgehead atoms. The Morgan fingerprint density at radius 1 is 1.03 bits per heavy atom. The molecule has 3 aromatic carbocycles. The summed E-state index contributed by atoms with van der Waals surface area (Å²) in [6.45, 7) is 4.71. The highest BCUT2D eigenvalue weighted by molar-refractivity contribution is 9.10. The number of anilines is 1. The number of hydrogen-bond acceptors (Lipinski definition) is 3. The molecule has 1 amide bonds. The van der Waals surface area contributed by atoms with Gasteiger partial charge in [0.1, 0.15) is 0 Å². The van der Waals surface area contributed by atoms with Crippen LogP contribution in [0, 0.1) is 6.92 Å². The predicted molar refractivity (Wildman–Crippen MR) is 134 cm³/mol. The molecule has 0 spiro atoms. The molecule has 0 aliphatic carbocycles. The van der Waals surface area contributed by atoms with Crippen molar-refractivity contribution in [3.63, 3.8) is 0 Å². The fraction of sp³-hybridized carbons (Fsp3) is 0.240. The van der Waals surface area contributed by atoms with Gasteiger partial charge < -0.3 is 5.32 Å². The highest BCUT2D eigenvalue weighted by Crippen LogP contribution is 2.26. The number of aryl methyl sites for hydroxylation is 1. The second kappa shape index (κ2) is 10.3. The van der Waals surface area contributed by atoms with Crippen molar-refractivity contribution in [1.82, 2.24) is 5.32 Å². The molecule has 0 aliphatic rings. The SMILES string of the molecule is Cc1cc(N(Cc2ccc(C(=O)NCC(C)c3ccccc3)cc2)S(C)(=O)=O)ccc1Br. The fourth-order valence-corrected chi connectivity index (χ4v) is 4.49. The van der Waals surface area contributed by atoms with Crippen molar-refractivity contribution in [3.8, 4) is 0 Å². The summed E-state index contributed by atoms with van der Waals surface area (Å²) in [5.41, 5.74) is 4.06. The minimum absolute atomic E-state index is 0.150. The zero-order valence-electron chi connectivity index (χ0n) is 18.4. The zero-order chi connectivity index (χ0) is 23.3. The van der Waals surface area contributed by atoms with Gasteiger partial charge in [-0.05, 0) is 59.9 Å². The molecule has 0 aliphatic heterocycles. The summed E-state index contributed by atoms with van der Waals surface area (Å²) in [6, 6.07) is 22.5. The third-order valence-corrected chi connectivity index (χ3v) is 7.34. The Balaban J connectivity index is 1.68. The van der Waals surface area contributed by atoms with E-state index >= 15 is 0 Å². The number of rotatable bonds is 8. The van der Waals surface area contributed by atoms with Crippen LogP contribution in [0.5, 0.6) is 0 Å². The number of benzene rings is 3. The third kappa shape index (κ3) is 6.20. The molecule has 3 aromatic rings. The smallest absolute Gasteiger partial charge is 0.251 e. The molecule has 0 radical (unpaired) electrons. The maximum absolute atomic E-state index is 12.5. The molecule has 0 saturated carbocycles. The van der Waals surface area contributed by atoms with Gasteiger partial charge in [-0.15, -0.1) is 0 Å². The molecule has 0 saturated heterocycles. The summed E-state index contributed by atoms with van der Waals surface area (Å²) >= 11 is 3.45. The van der Waals surface area contributed by atoms with Gasteiger partial charge in [0, 0.05) is 16.6 Å². The van der Waals surface area contributed by atoms with Crippen LogP contribution in [0.15, 0.2) is 77.3 Å². The van der Waals surface area contributed by atoms with Crippen molar-refractivity contribution >= 4 is 37.5 Å². The first-order valence-electron chi connectivity index (χ1n) is 10.3. The van der Waals surface area contributed by atoms with E-state index in [2.05, 4.69) is 28.2 Å². The minimum Gasteiger partial charge on any atom is -0.351 e. The van der Waals surface area contributed by atoms with Crippen LogP contribution in [0.4, 0.5) is 5.69 Å². The zero-order valence-corrected chi connectivity index (χ0v) is 20.8. The average Bonchev–Trinajstić information content (AvgIpc) is 2.78. The van der Waals surface area contributed by atoms with Crippen molar-refractivity contribution in [2.24, 2.45) is 0 Å². The molecule has 1 unspecified atom stereocenters. The van der Waals surface area contributed by atoms with Gasteiger partial charge in [0.15, 0.2) is 0 Å². The van der Waals surface area contributed by atoms with E-state index in [1.807, 2.05) is 49.4 Å². The highest BCUT2D eigenvalue weighted by Gasteiger charge is 2.19. The molecular weight excluding hydrogens is 488 g/mol. The van der Waals surface area contributed by atoms with E-state index in [4.69, 9.17) is 0 Å². The number of hydrogen-bond donors (Lipinski definition) is 1. The lowest BCUT2D eigenvalue weighted by atomic mass is 10.0. The lowest BCUT2D eigenvalue weighted by Gasteiger charge is -2.23. The summed E-state index contributed by atoms with van der Waals surface area (Å²) in [4.78, 5) is 12.5. The maximum Gasteiger partial charge on any atom is 0.251 e. The molecule has 1 atom stereocenters. The van der Waals surface area contributed by atoms with Gasteiger partial charge in [0.2, 0.25) is 10.0 Å². The average molecular weight is 515 g/mol. The number of halogens is 1. The molecule has 32 heavy (non-hydrogen) atoms. The Bertz CT molecular complexity index is 1180. The van der Waals surface area contributed by atoms with E-state index in [-0.39, 0.29) is 18.4 Å². The van der Waals surface area contributed by atoms with Crippen LogP contribution >= 0.6 is 15.9 Å². The molecule has 5 nitrogen and oxygen atoms in total. The van der Waals surface area contributed by atoms with Gasteiger partial charge in [0.05, 0.1) is 18.5 Å². The Morgan fingerprint density at radius 2 is 1.69 bits per heavy atom. The van der Waals surface area contributed by atoms with E-state index in [0.29, 0.717) is 17.8 Å². The van der Waals surface area contributed by atoms with E-state index in [0.717, 1.165) is 15.6 Å².